The van der Waals surface area contributed by atoms with E-state index in [1.165, 1.54) is 5.56 Å². The van der Waals surface area contributed by atoms with Crippen molar-refractivity contribution < 1.29 is 9.53 Å². The maximum atomic E-state index is 12.0. The van der Waals surface area contributed by atoms with Crippen molar-refractivity contribution in [2.24, 2.45) is 0 Å². The molecule has 0 spiro atoms. The molecule has 0 saturated heterocycles. The molecule has 0 aliphatic heterocycles. The van der Waals surface area contributed by atoms with E-state index in [2.05, 4.69) is 26.8 Å². The number of rotatable bonds is 6. The molecule has 0 fully saturated rings. The van der Waals surface area contributed by atoms with Gasteiger partial charge in [0.25, 0.3) is 0 Å². The minimum atomic E-state index is 0.0387. The molecule has 0 amide bonds. The Morgan fingerprint density at radius 2 is 1.77 bits per heavy atom. The Hall–Kier alpha value is -2.09. The highest BCUT2D eigenvalue weighted by atomic mass is 16.5. The van der Waals surface area contributed by atoms with E-state index in [1.807, 2.05) is 42.5 Å². The van der Waals surface area contributed by atoms with Gasteiger partial charge < -0.3 is 4.74 Å². The molecule has 116 valence electrons. The maximum Gasteiger partial charge on any atom is 0.163 e. The van der Waals surface area contributed by atoms with E-state index >= 15 is 0 Å². The number of carbonyl (C=O) groups is 1. The molecule has 2 heteroatoms. The third-order valence-corrected chi connectivity index (χ3v) is 4.26. The quantitative estimate of drug-likeness (QED) is 0.689. The van der Waals surface area contributed by atoms with Gasteiger partial charge in [0.05, 0.1) is 5.56 Å². The van der Waals surface area contributed by atoms with Crippen molar-refractivity contribution in [2.45, 2.75) is 46.1 Å². The standard InChI is InChI=1S/C20H24O2/c1-5-20(3,4)17-11-12-19(18(13-17)15(2)21)22-14-16-9-7-6-8-10-16/h6-13H,5,14H2,1-4H3. The lowest BCUT2D eigenvalue weighted by molar-refractivity contribution is 0.101. The van der Waals surface area contributed by atoms with Crippen LogP contribution in [0.3, 0.4) is 0 Å². The lowest BCUT2D eigenvalue weighted by atomic mass is 9.81. The largest absolute Gasteiger partial charge is 0.488 e. The second-order valence-electron chi connectivity index (χ2n) is 6.28. The van der Waals surface area contributed by atoms with Crippen molar-refractivity contribution in [1.82, 2.24) is 0 Å². The zero-order valence-electron chi connectivity index (χ0n) is 13.8. The SMILES string of the molecule is CCC(C)(C)c1ccc(OCc2ccccc2)c(C(C)=O)c1. The van der Waals surface area contributed by atoms with Crippen molar-refractivity contribution in [2.75, 3.05) is 0 Å². The first-order chi connectivity index (χ1) is 10.4. The van der Waals surface area contributed by atoms with Gasteiger partial charge in [-0.3, -0.25) is 4.79 Å². The van der Waals surface area contributed by atoms with Gasteiger partial charge in [-0.1, -0.05) is 57.2 Å². The summed E-state index contributed by atoms with van der Waals surface area (Å²) in [6, 6.07) is 15.9. The summed E-state index contributed by atoms with van der Waals surface area (Å²) in [5.41, 5.74) is 2.99. The van der Waals surface area contributed by atoms with Crippen molar-refractivity contribution in [1.29, 1.82) is 0 Å². The van der Waals surface area contributed by atoms with Gasteiger partial charge in [0, 0.05) is 0 Å². The average Bonchev–Trinajstić information content (AvgIpc) is 2.53. The predicted molar refractivity (Wildman–Crippen MR) is 90.5 cm³/mol. The van der Waals surface area contributed by atoms with Crippen molar-refractivity contribution >= 4 is 5.78 Å². The van der Waals surface area contributed by atoms with Gasteiger partial charge in [-0.15, -0.1) is 0 Å². The number of Topliss-reactive ketones (excluding diaryl/α,β-unsaturated/α-hetero) is 1. The molecule has 2 aromatic rings. The molecule has 0 N–H and O–H groups in total. The Kier molecular flexibility index (Phi) is 5.02. The van der Waals surface area contributed by atoms with Crippen LogP contribution in [0.15, 0.2) is 48.5 Å². The zero-order chi connectivity index (χ0) is 16.2. The normalized spacial score (nSPS) is 11.3. The summed E-state index contributed by atoms with van der Waals surface area (Å²) in [4.78, 5) is 12.0. The van der Waals surface area contributed by atoms with Gasteiger partial charge in [0.2, 0.25) is 0 Å². The van der Waals surface area contributed by atoms with Crippen LogP contribution in [0.1, 0.15) is 55.6 Å². The van der Waals surface area contributed by atoms with E-state index in [0.29, 0.717) is 17.9 Å². The molecule has 0 atom stereocenters. The van der Waals surface area contributed by atoms with Crippen LogP contribution < -0.4 is 4.74 Å². The van der Waals surface area contributed by atoms with Gasteiger partial charge in [0.15, 0.2) is 5.78 Å². The average molecular weight is 296 g/mol. The lowest BCUT2D eigenvalue weighted by Gasteiger charge is -2.24. The fourth-order valence-electron chi connectivity index (χ4n) is 2.29. The van der Waals surface area contributed by atoms with E-state index < -0.39 is 0 Å². The molecule has 0 aromatic heterocycles. The Morgan fingerprint density at radius 3 is 2.36 bits per heavy atom. The van der Waals surface area contributed by atoms with E-state index in [-0.39, 0.29) is 11.2 Å². The molecular formula is C20H24O2. The number of benzene rings is 2. The molecule has 0 aliphatic carbocycles. The first kappa shape index (κ1) is 16.3. The summed E-state index contributed by atoms with van der Waals surface area (Å²) < 4.78 is 5.86. The summed E-state index contributed by atoms with van der Waals surface area (Å²) in [6.45, 7) is 8.60. The van der Waals surface area contributed by atoms with Crippen LogP contribution in [0, 0.1) is 0 Å². The summed E-state index contributed by atoms with van der Waals surface area (Å²) in [6.07, 6.45) is 1.02. The molecule has 22 heavy (non-hydrogen) atoms. The monoisotopic (exact) mass is 296 g/mol. The maximum absolute atomic E-state index is 12.0. The van der Waals surface area contributed by atoms with E-state index in [0.717, 1.165) is 12.0 Å². The number of hydrogen-bond acceptors (Lipinski definition) is 2. The van der Waals surface area contributed by atoms with Gasteiger partial charge in [0.1, 0.15) is 12.4 Å². The zero-order valence-corrected chi connectivity index (χ0v) is 13.8. The van der Waals surface area contributed by atoms with Gasteiger partial charge in [-0.2, -0.15) is 0 Å². The molecule has 0 bridgehead atoms. The van der Waals surface area contributed by atoms with E-state index in [4.69, 9.17) is 4.74 Å². The first-order valence-corrected chi connectivity index (χ1v) is 7.76. The van der Waals surface area contributed by atoms with Crippen LogP contribution in [0.2, 0.25) is 0 Å². The Balaban J connectivity index is 2.26. The molecule has 0 aliphatic rings. The Labute approximate surface area is 133 Å². The molecule has 0 heterocycles. The van der Waals surface area contributed by atoms with Crippen molar-refractivity contribution in [3.63, 3.8) is 0 Å². The fraction of sp³-hybridized carbons (Fsp3) is 0.350. The minimum absolute atomic E-state index is 0.0387. The summed E-state index contributed by atoms with van der Waals surface area (Å²) >= 11 is 0. The van der Waals surface area contributed by atoms with Crippen LogP contribution in [-0.2, 0) is 12.0 Å². The van der Waals surface area contributed by atoms with Gasteiger partial charge in [-0.05, 0) is 42.0 Å². The van der Waals surface area contributed by atoms with Crippen LogP contribution >= 0.6 is 0 Å². The molecule has 2 rings (SSSR count). The second-order valence-corrected chi connectivity index (χ2v) is 6.28. The third-order valence-electron chi connectivity index (χ3n) is 4.26. The van der Waals surface area contributed by atoms with E-state index in [9.17, 15) is 4.79 Å². The fourth-order valence-corrected chi connectivity index (χ4v) is 2.29. The Bertz CT molecular complexity index is 642. The lowest BCUT2D eigenvalue weighted by Crippen LogP contribution is -2.16. The topological polar surface area (TPSA) is 26.3 Å². The van der Waals surface area contributed by atoms with Crippen LogP contribution in [-0.4, -0.2) is 5.78 Å². The number of carbonyl (C=O) groups excluding carboxylic acids is 1. The van der Waals surface area contributed by atoms with Crippen LogP contribution in [0.25, 0.3) is 0 Å². The minimum Gasteiger partial charge on any atom is -0.488 e. The Morgan fingerprint density at radius 1 is 1.09 bits per heavy atom. The highest BCUT2D eigenvalue weighted by Gasteiger charge is 2.20. The smallest absolute Gasteiger partial charge is 0.163 e. The van der Waals surface area contributed by atoms with Gasteiger partial charge in [-0.25, -0.2) is 0 Å². The number of hydrogen-bond donors (Lipinski definition) is 0. The molecule has 2 nitrogen and oxygen atoms in total. The van der Waals surface area contributed by atoms with E-state index in [1.54, 1.807) is 6.92 Å². The molecule has 0 saturated carbocycles. The second kappa shape index (κ2) is 6.78. The molecule has 2 aromatic carbocycles. The first-order valence-electron chi connectivity index (χ1n) is 7.76. The summed E-state index contributed by atoms with van der Waals surface area (Å²) in [5.74, 6) is 0.698. The molecular weight excluding hydrogens is 272 g/mol. The number of ether oxygens (including phenoxy) is 1. The third kappa shape index (κ3) is 3.76. The molecule has 0 radical (unpaired) electrons. The van der Waals surface area contributed by atoms with Crippen LogP contribution in [0.4, 0.5) is 0 Å². The van der Waals surface area contributed by atoms with Crippen molar-refractivity contribution in [3.05, 3.63) is 65.2 Å². The van der Waals surface area contributed by atoms with Crippen LogP contribution in [0.5, 0.6) is 5.75 Å². The summed E-state index contributed by atoms with van der Waals surface area (Å²) in [7, 11) is 0. The van der Waals surface area contributed by atoms with Crippen molar-refractivity contribution in [3.8, 4) is 5.75 Å². The van der Waals surface area contributed by atoms with Gasteiger partial charge >= 0.3 is 0 Å². The highest BCUT2D eigenvalue weighted by Crippen LogP contribution is 2.31. The predicted octanol–water partition coefficient (Wildman–Crippen LogP) is 5.16. The molecule has 0 unspecified atom stereocenters. The highest BCUT2D eigenvalue weighted by molar-refractivity contribution is 5.97. The number of ketones is 1. The summed E-state index contributed by atoms with van der Waals surface area (Å²) in [5, 5.41) is 0.